The van der Waals surface area contributed by atoms with Gasteiger partial charge in [0.05, 0.1) is 0 Å². The summed E-state index contributed by atoms with van der Waals surface area (Å²) in [5, 5.41) is 3.66. The molecule has 0 aromatic carbocycles. The highest BCUT2D eigenvalue weighted by molar-refractivity contribution is 5.30. The van der Waals surface area contributed by atoms with E-state index in [1.165, 1.54) is 24.1 Å². The van der Waals surface area contributed by atoms with Crippen molar-refractivity contribution in [1.82, 2.24) is 5.32 Å². The largest absolute Gasteiger partial charge is 0.382 e. The van der Waals surface area contributed by atoms with Gasteiger partial charge in [0.2, 0.25) is 0 Å². The summed E-state index contributed by atoms with van der Waals surface area (Å²) >= 11 is 0. The van der Waals surface area contributed by atoms with Crippen LogP contribution in [-0.4, -0.2) is 6.04 Å². The normalized spacial score (nSPS) is 16.2. The van der Waals surface area contributed by atoms with Gasteiger partial charge in [0.25, 0.3) is 0 Å². The van der Waals surface area contributed by atoms with Crippen molar-refractivity contribution in [3.8, 4) is 0 Å². The molecule has 1 unspecified atom stereocenters. The summed E-state index contributed by atoms with van der Waals surface area (Å²) in [6, 6.07) is 0.597. The lowest BCUT2D eigenvalue weighted by molar-refractivity contribution is 0.405. The standard InChI is InChI=1S/C15H25N.C2H6/c1-5-7-15(12(2)3)16-14-9-6-8-13(4)10-11-14;1-2/h8-12,15-16H,5-7H2,1-4H3;1-2H3. The Hall–Kier alpha value is -0.980. The summed E-state index contributed by atoms with van der Waals surface area (Å²) < 4.78 is 0. The monoisotopic (exact) mass is 249 g/mol. The number of hydrogen-bond donors (Lipinski definition) is 1. The summed E-state index contributed by atoms with van der Waals surface area (Å²) in [5.74, 6) is 0.687. The Morgan fingerprint density at radius 1 is 1.17 bits per heavy atom. The molecule has 0 aromatic rings. The van der Waals surface area contributed by atoms with Gasteiger partial charge in [-0.05, 0) is 31.8 Å². The van der Waals surface area contributed by atoms with Gasteiger partial charge in [-0.1, -0.05) is 64.8 Å². The quantitative estimate of drug-likeness (QED) is 0.704. The van der Waals surface area contributed by atoms with Crippen LogP contribution in [-0.2, 0) is 0 Å². The van der Waals surface area contributed by atoms with E-state index < -0.39 is 0 Å². The molecular formula is C17H31N. The van der Waals surface area contributed by atoms with Crippen LogP contribution in [0.25, 0.3) is 0 Å². The fraction of sp³-hybridized carbons (Fsp3) is 0.647. The molecule has 1 aliphatic rings. The predicted molar refractivity (Wildman–Crippen MR) is 83.6 cm³/mol. The zero-order chi connectivity index (χ0) is 14.0. The average molecular weight is 249 g/mol. The van der Waals surface area contributed by atoms with Crippen LogP contribution >= 0.6 is 0 Å². The molecule has 0 radical (unpaired) electrons. The minimum Gasteiger partial charge on any atom is -0.382 e. The van der Waals surface area contributed by atoms with Crippen molar-refractivity contribution in [3.05, 3.63) is 35.6 Å². The molecule has 0 fully saturated rings. The van der Waals surface area contributed by atoms with Gasteiger partial charge in [0, 0.05) is 11.7 Å². The van der Waals surface area contributed by atoms with Crippen LogP contribution in [0.15, 0.2) is 35.6 Å². The summed E-state index contributed by atoms with van der Waals surface area (Å²) in [4.78, 5) is 0. The van der Waals surface area contributed by atoms with Gasteiger partial charge in [-0.3, -0.25) is 0 Å². The fourth-order valence-corrected chi connectivity index (χ4v) is 1.93. The molecule has 1 atom stereocenters. The van der Waals surface area contributed by atoms with Crippen molar-refractivity contribution in [2.45, 2.75) is 66.8 Å². The number of rotatable bonds is 5. The molecule has 1 aliphatic carbocycles. The van der Waals surface area contributed by atoms with E-state index in [9.17, 15) is 0 Å². The Morgan fingerprint density at radius 3 is 2.39 bits per heavy atom. The molecule has 1 nitrogen and oxygen atoms in total. The van der Waals surface area contributed by atoms with E-state index in [0.29, 0.717) is 12.0 Å². The molecule has 104 valence electrons. The maximum atomic E-state index is 3.66. The second kappa shape index (κ2) is 9.99. The van der Waals surface area contributed by atoms with E-state index in [1.54, 1.807) is 0 Å². The minimum absolute atomic E-state index is 0.597. The second-order valence-corrected chi connectivity index (χ2v) is 4.96. The van der Waals surface area contributed by atoms with Crippen molar-refractivity contribution < 1.29 is 0 Å². The second-order valence-electron chi connectivity index (χ2n) is 4.96. The SMILES string of the molecule is CC.CCCC(NC1=CCC=C(C)C=C1)C(C)C. The van der Waals surface area contributed by atoms with Crippen LogP contribution in [0.5, 0.6) is 0 Å². The van der Waals surface area contributed by atoms with Gasteiger partial charge in [-0.2, -0.15) is 0 Å². The highest BCUT2D eigenvalue weighted by Gasteiger charge is 2.12. The lowest BCUT2D eigenvalue weighted by Gasteiger charge is -2.23. The van der Waals surface area contributed by atoms with Crippen molar-refractivity contribution in [2.24, 2.45) is 5.92 Å². The summed E-state index contributed by atoms with van der Waals surface area (Å²) in [7, 11) is 0. The van der Waals surface area contributed by atoms with Gasteiger partial charge in [0.15, 0.2) is 0 Å². The maximum Gasteiger partial charge on any atom is 0.0305 e. The van der Waals surface area contributed by atoms with Crippen LogP contribution in [0.1, 0.15) is 60.8 Å². The highest BCUT2D eigenvalue weighted by Crippen LogP contribution is 2.13. The number of hydrogen-bond acceptors (Lipinski definition) is 1. The third-order valence-corrected chi connectivity index (χ3v) is 3.06. The average Bonchev–Trinajstić information content (AvgIpc) is 2.56. The third kappa shape index (κ3) is 6.68. The van der Waals surface area contributed by atoms with E-state index in [-0.39, 0.29) is 0 Å². The number of allylic oxidation sites excluding steroid dienone is 5. The van der Waals surface area contributed by atoms with Crippen LogP contribution < -0.4 is 5.32 Å². The molecule has 0 amide bonds. The van der Waals surface area contributed by atoms with E-state index in [2.05, 4.69) is 57.3 Å². The molecule has 1 N–H and O–H groups in total. The Morgan fingerprint density at radius 2 is 1.83 bits per heavy atom. The predicted octanol–water partition coefficient (Wildman–Crippen LogP) is 5.22. The van der Waals surface area contributed by atoms with E-state index in [0.717, 1.165) is 6.42 Å². The van der Waals surface area contributed by atoms with E-state index in [4.69, 9.17) is 0 Å². The molecular weight excluding hydrogens is 218 g/mol. The zero-order valence-corrected chi connectivity index (χ0v) is 13.1. The van der Waals surface area contributed by atoms with Gasteiger partial charge in [0.1, 0.15) is 0 Å². The Bertz CT molecular complexity index is 295. The maximum absolute atomic E-state index is 3.66. The Balaban J connectivity index is 0.00000137. The summed E-state index contributed by atoms with van der Waals surface area (Å²) in [5.41, 5.74) is 2.63. The van der Waals surface area contributed by atoms with Crippen molar-refractivity contribution in [1.29, 1.82) is 0 Å². The van der Waals surface area contributed by atoms with Gasteiger partial charge >= 0.3 is 0 Å². The van der Waals surface area contributed by atoms with Crippen molar-refractivity contribution in [2.75, 3.05) is 0 Å². The molecule has 0 saturated carbocycles. The molecule has 0 aromatic heterocycles. The van der Waals surface area contributed by atoms with Crippen molar-refractivity contribution >= 4 is 0 Å². The molecule has 1 heteroatoms. The number of nitrogens with one attached hydrogen (secondary N) is 1. The van der Waals surface area contributed by atoms with E-state index in [1.807, 2.05) is 13.8 Å². The first-order valence-corrected chi connectivity index (χ1v) is 7.45. The Labute approximate surface area is 114 Å². The molecule has 0 spiro atoms. The van der Waals surface area contributed by atoms with Crippen molar-refractivity contribution in [3.63, 3.8) is 0 Å². The van der Waals surface area contributed by atoms with Crippen LogP contribution in [0.4, 0.5) is 0 Å². The molecule has 1 rings (SSSR count). The highest BCUT2D eigenvalue weighted by atomic mass is 14.9. The zero-order valence-electron chi connectivity index (χ0n) is 13.1. The summed E-state index contributed by atoms with van der Waals surface area (Å²) in [6.07, 6.45) is 12.4. The molecule has 0 heterocycles. The fourth-order valence-electron chi connectivity index (χ4n) is 1.93. The van der Waals surface area contributed by atoms with E-state index >= 15 is 0 Å². The lowest BCUT2D eigenvalue weighted by Crippen LogP contribution is -2.32. The third-order valence-electron chi connectivity index (χ3n) is 3.06. The molecule has 0 aliphatic heterocycles. The smallest absolute Gasteiger partial charge is 0.0305 e. The van der Waals surface area contributed by atoms with Gasteiger partial charge in [-0.25, -0.2) is 0 Å². The van der Waals surface area contributed by atoms with Crippen LogP contribution in [0.3, 0.4) is 0 Å². The van der Waals surface area contributed by atoms with Crippen LogP contribution in [0, 0.1) is 5.92 Å². The first kappa shape index (κ1) is 17.0. The first-order chi connectivity index (χ1) is 8.63. The molecule has 18 heavy (non-hydrogen) atoms. The molecule has 0 bridgehead atoms. The van der Waals surface area contributed by atoms with Gasteiger partial charge < -0.3 is 5.32 Å². The molecule has 0 saturated heterocycles. The lowest BCUT2D eigenvalue weighted by atomic mass is 9.99. The van der Waals surface area contributed by atoms with Crippen LogP contribution in [0.2, 0.25) is 0 Å². The van der Waals surface area contributed by atoms with Gasteiger partial charge in [-0.15, -0.1) is 0 Å². The Kier molecular flexibility index (Phi) is 9.45. The topological polar surface area (TPSA) is 12.0 Å². The first-order valence-electron chi connectivity index (χ1n) is 7.45. The summed E-state index contributed by atoms with van der Waals surface area (Å²) in [6.45, 7) is 13.0. The minimum atomic E-state index is 0.597.